The molecule has 0 fully saturated rings. The van der Waals surface area contributed by atoms with E-state index in [1.807, 2.05) is 48.5 Å². The second kappa shape index (κ2) is 7.29. The van der Waals surface area contributed by atoms with Crippen LogP contribution in [0.4, 0.5) is 0 Å². The van der Waals surface area contributed by atoms with Crippen LogP contribution in [-0.4, -0.2) is 19.7 Å². The Morgan fingerprint density at radius 3 is 2.76 bits per heavy atom. The predicted molar refractivity (Wildman–Crippen MR) is 83.5 cm³/mol. The molecule has 0 spiro atoms. The molecule has 0 bridgehead atoms. The molecule has 21 heavy (non-hydrogen) atoms. The SMILES string of the molecule is C=CCCOc1cccc(-c2ccccc2C(=O)OC)c1. The number of ether oxygens (including phenoxy) is 2. The van der Waals surface area contributed by atoms with E-state index in [4.69, 9.17) is 9.47 Å². The van der Waals surface area contributed by atoms with Gasteiger partial charge in [-0.2, -0.15) is 0 Å². The fourth-order valence-electron chi connectivity index (χ4n) is 2.04. The van der Waals surface area contributed by atoms with E-state index in [0.717, 1.165) is 23.3 Å². The summed E-state index contributed by atoms with van der Waals surface area (Å²) >= 11 is 0. The normalized spacial score (nSPS) is 9.95. The first-order chi connectivity index (χ1) is 10.3. The fraction of sp³-hybridized carbons (Fsp3) is 0.167. The van der Waals surface area contributed by atoms with Crippen LogP contribution in [0.2, 0.25) is 0 Å². The maximum absolute atomic E-state index is 11.8. The molecular formula is C18H18O3. The molecule has 0 N–H and O–H groups in total. The first-order valence-electron chi connectivity index (χ1n) is 6.77. The highest BCUT2D eigenvalue weighted by atomic mass is 16.5. The quantitative estimate of drug-likeness (QED) is 0.454. The highest BCUT2D eigenvalue weighted by Crippen LogP contribution is 2.27. The lowest BCUT2D eigenvalue weighted by Gasteiger charge is -2.10. The highest BCUT2D eigenvalue weighted by Gasteiger charge is 2.12. The zero-order valence-electron chi connectivity index (χ0n) is 12.0. The Labute approximate surface area is 124 Å². The van der Waals surface area contributed by atoms with Gasteiger partial charge >= 0.3 is 5.97 Å². The van der Waals surface area contributed by atoms with Gasteiger partial charge in [0.15, 0.2) is 0 Å². The summed E-state index contributed by atoms with van der Waals surface area (Å²) in [7, 11) is 1.38. The summed E-state index contributed by atoms with van der Waals surface area (Å²) < 4.78 is 10.5. The van der Waals surface area contributed by atoms with Crippen molar-refractivity contribution in [2.45, 2.75) is 6.42 Å². The summed E-state index contributed by atoms with van der Waals surface area (Å²) in [5.41, 5.74) is 2.30. The lowest BCUT2D eigenvalue weighted by atomic mass is 9.99. The first-order valence-corrected chi connectivity index (χ1v) is 6.77. The van der Waals surface area contributed by atoms with Crippen molar-refractivity contribution in [3.63, 3.8) is 0 Å². The zero-order chi connectivity index (χ0) is 15.1. The van der Waals surface area contributed by atoms with Crippen LogP contribution in [0.3, 0.4) is 0 Å². The van der Waals surface area contributed by atoms with Crippen molar-refractivity contribution in [1.82, 2.24) is 0 Å². The van der Waals surface area contributed by atoms with E-state index in [0.29, 0.717) is 12.2 Å². The smallest absolute Gasteiger partial charge is 0.338 e. The molecule has 2 aromatic carbocycles. The maximum atomic E-state index is 11.8. The van der Waals surface area contributed by atoms with Crippen LogP contribution in [0.25, 0.3) is 11.1 Å². The predicted octanol–water partition coefficient (Wildman–Crippen LogP) is 4.10. The highest BCUT2D eigenvalue weighted by molar-refractivity contribution is 5.97. The number of esters is 1. The third-order valence-electron chi connectivity index (χ3n) is 3.07. The molecule has 0 atom stereocenters. The number of hydrogen-bond donors (Lipinski definition) is 0. The second-order valence-corrected chi connectivity index (χ2v) is 4.49. The molecule has 0 saturated carbocycles. The van der Waals surface area contributed by atoms with E-state index >= 15 is 0 Å². The van der Waals surface area contributed by atoms with Crippen molar-refractivity contribution >= 4 is 5.97 Å². The van der Waals surface area contributed by atoms with Gasteiger partial charge < -0.3 is 9.47 Å². The van der Waals surface area contributed by atoms with Crippen LogP contribution in [-0.2, 0) is 4.74 Å². The summed E-state index contributed by atoms with van der Waals surface area (Å²) in [6.07, 6.45) is 2.61. The average Bonchev–Trinajstić information content (AvgIpc) is 2.55. The van der Waals surface area contributed by atoms with E-state index in [2.05, 4.69) is 6.58 Å². The number of benzene rings is 2. The minimum Gasteiger partial charge on any atom is -0.493 e. The van der Waals surface area contributed by atoms with Gasteiger partial charge in [0.1, 0.15) is 5.75 Å². The Hall–Kier alpha value is -2.55. The monoisotopic (exact) mass is 282 g/mol. The topological polar surface area (TPSA) is 35.5 Å². The molecule has 0 aliphatic rings. The largest absolute Gasteiger partial charge is 0.493 e. The van der Waals surface area contributed by atoms with Gasteiger partial charge in [-0.05, 0) is 35.7 Å². The van der Waals surface area contributed by atoms with Crippen LogP contribution < -0.4 is 4.74 Å². The van der Waals surface area contributed by atoms with Crippen molar-refractivity contribution in [2.75, 3.05) is 13.7 Å². The summed E-state index contributed by atoms with van der Waals surface area (Å²) in [5.74, 6) is 0.428. The summed E-state index contributed by atoms with van der Waals surface area (Å²) in [4.78, 5) is 11.8. The molecular weight excluding hydrogens is 264 g/mol. The van der Waals surface area contributed by atoms with E-state index in [1.54, 1.807) is 6.07 Å². The molecule has 0 unspecified atom stereocenters. The molecule has 0 amide bonds. The molecule has 0 heterocycles. The molecule has 0 aliphatic carbocycles. The number of methoxy groups -OCH3 is 1. The average molecular weight is 282 g/mol. The number of carbonyl (C=O) groups is 1. The van der Waals surface area contributed by atoms with Crippen LogP contribution in [0.15, 0.2) is 61.2 Å². The van der Waals surface area contributed by atoms with Crippen molar-refractivity contribution < 1.29 is 14.3 Å². The Kier molecular flexibility index (Phi) is 5.16. The van der Waals surface area contributed by atoms with Crippen LogP contribution >= 0.6 is 0 Å². The maximum Gasteiger partial charge on any atom is 0.338 e. The first kappa shape index (κ1) is 14.9. The zero-order valence-corrected chi connectivity index (χ0v) is 12.0. The molecule has 0 aromatic heterocycles. The van der Waals surface area contributed by atoms with Crippen molar-refractivity contribution in [2.24, 2.45) is 0 Å². The van der Waals surface area contributed by atoms with Crippen LogP contribution in [0, 0.1) is 0 Å². The van der Waals surface area contributed by atoms with Crippen molar-refractivity contribution in [3.05, 3.63) is 66.7 Å². The Bertz CT molecular complexity index is 632. The van der Waals surface area contributed by atoms with Gasteiger partial charge in [0.05, 0.1) is 19.3 Å². The summed E-state index contributed by atoms with van der Waals surface area (Å²) in [5, 5.41) is 0. The number of carbonyl (C=O) groups excluding carboxylic acids is 1. The summed E-state index contributed by atoms with van der Waals surface area (Å²) in [6, 6.07) is 15.0. The van der Waals surface area contributed by atoms with E-state index in [1.165, 1.54) is 7.11 Å². The van der Waals surface area contributed by atoms with Gasteiger partial charge in [0.2, 0.25) is 0 Å². The van der Waals surface area contributed by atoms with Crippen LogP contribution in [0.1, 0.15) is 16.8 Å². The Balaban J connectivity index is 2.32. The number of rotatable bonds is 6. The lowest BCUT2D eigenvalue weighted by Crippen LogP contribution is -2.03. The lowest BCUT2D eigenvalue weighted by molar-refractivity contribution is 0.0601. The minimum atomic E-state index is -0.344. The van der Waals surface area contributed by atoms with E-state index < -0.39 is 0 Å². The third kappa shape index (κ3) is 3.72. The minimum absolute atomic E-state index is 0.344. The molecule has 3 nitrogen and oxygen atoms in total. The van der Waals surface area contributed by atoms with Gasteiger partial charge in [0, 0.05) is 0 Å². The fourth-order valence-corrected chi connectivity index (χ4v) is 2.04. The molecule has 0 saturated heterocycles. The van der Waals surface area contributed by atoms with Gasteiger partial charge in [-0.3, -0.25) is 0 Å². The van der Waals surface area contributed by atoms with Gasteiger partial charge in [0.25, 0.3) is 0 Å². The molecule has 108 valence electrons. The Morgan fingerprint density at radius 1 is 1.19 bits per heavy atom. The summed E-state index contributed by atoms with van der Waals surface area (Å²) in [6.45, 7) is 4.25. The van der Waals surface area contributed by atoms with Gasteiger partial charge in [-0.15, -0.1) is 6.58 Å². The van der Waals surface area contributed by atoms with Crippen LogP contribution in [0.5, 0.6) is 5.75 Å². The number of hydrogen-bond acceptors (Lipinski definition) is 3. The van der Waals surface area contributed by atoms with Gasteiger partial charge in [-0.1, -0.05) is 36.4 Å². The van der Waals surface area contributed by atoms with Crippen molar-refractivity contribution in [1.29, 1.82) is 0 Å². The van der Waals surface area contributed by atoms with Gasteiger partial charge in [-0.25, -0.2) is 4.79 Å². The molecule has 0 aliphatic heterocycles. The molecule has 2 rings (SSSR count). The standard InChI is InChI=1S/C18H18O3/c1-3-4-12-21-15-9-7-8-14(13-15)16-10-5-6-11-17(16)18(19)20-2/h3,5-11,13H,1,4,12H2,2H3. The Morgan fingerprint density at radius 2 is 2.00 bits per heavy atom. The van der Waals surface area contributed by atoms with E-state index in [-0.39, 0.29) is 5.97 Å². The molecule has 3 heteroatoms. The second-order valence-electron chi connectivity index (χ2n) is 4.49. The van der Waals surface area contributed by atoms with E-state index in [9.17, 15) is 4.79 Å². The van der Waals surface area contributed by atoms with Crippen molar-refractivity contribution in [3.8, 4) is 16.9 Å². The molecule has 0 radical (unpaired) electrons. The third-order valence-corrected chi connectivity index (χ3v) is 3.07. The molecule has 2 aromatic rings.